The van der Waals surface area contributed by atoms with Gasteiger partial charge in [-0.1, -0.05) is 34.6 Å². The van der Waals surface area contributed by atoms with Crippen molar-refractivity contribution in [3.8, 4) is 0 Å². The summed E-state index contributed by atoms with van der Waals surface area (Å²) in [4.78, 5) is 22.0. The van der Waals surface area contributed by atoms with Crippen LogP contribution in [0.25, 0.3) is 0 Å². The molecule has 0 bridgehead atoms. The lowest BCUT2D eigenvalue weighted by molar-refractivity contribution is -0.143. The zero-order valence-corrected chi connectivity index (χ0v) is 10.8. The molecule has 0 spiro atoms. The number of carbonyl (C=O) groups is 2. The van der Waals surface area contributed by atoms with Gasteiger partial charge in [-0.05, 0) is 11.3 Å². The zero-order valence-electron chi connectivity index (χ0n) is 10.8. The van der Waals surface area contributed by atoms with Crippen molar-refractivity contribution < 1.29 is 14.7 Å². The molecule has 0 fully saturated rings. The number of carboxylic acids is 1. The molecule has 1 amide bonds. The summed E-state index contributed by atoms with van der Waals surface area (Å²) < 4.78 is 0. The van der Waals surface area contributed by atoms with Crippen LogP contribution >= 0.6 is 0 Å². The Labute approximate surface area is 97.4 Å². The quantitative estimate of drug-likeness (QED) is 0.731. The molecular formula is C12H23NO3. The van der Waals surface area contributed by atoms with E-state index in [9.17, 15) is 9.59 Å². The van der Waals surface area contributed by atoms with E-state index in [0.717, 1.165) is 0 Å². The first kappa shape index (κ1) is 14.9. The molecule has 0 rings (SSSR count). The van der Waals surface area contributed by atoms with Crippen LogP contribution in [0.2, 0.25) is 0 Å². The molecule has 1 atom stereocenters. The number of carbonyl (C=O) groups excluding carboxylic acids is 1. The highest BCUT2D eigenvalue weighted by Gasteiger charge is 2.23. The lowest BCUT2D eigenvalue weighted by Gasteiger charge is -2.29. The first-order valence-electron chi connectivity index (χ1n) is 5.66. The average molecular weight is 229 g/mol. The molecule has 0 aliphatic heterocycles. The summed E-state index contributed by atoms with van der Waals surface area (Å²) in [5.74, 6) is -1.28. The second-order valence-electron chi connectivity index (χ2n) is 5.36. The number of rotatable bonds is 6. The molecule has 0 aliphatic carbocycles. The highest BCUT2D eigenvalue weighted by molar-refractivity contribution is 5.81. The Kier molecular flexibility index (Phi) is 5.48. The minimum absolute atomic E-state index is 0.0299. The molecule has 0 aromatic heterocycles. The first-order chi connectivity index (χ1) is 7.16. The van der Waals surface area contributed by atoms with Crippen molar-refractivity contribution in [1.29, 1.82) is 0 Å². The lowest BCUT2D eigenvalue weighted by atomic mass is 9.81. The van der Waals surface area contributed by atoms with Crippen LogP contribution in [0.15, 0.2) is 0 Å². The molecule has 0 saturated heterocycles. The number of hydrogen-bond donors (Lipinski definition) is 2. The second kappa shape index (κ2) is 5.87. The Morgan fingerprint density at radius 3 is 2.12 bits per heavy atom. The fourth-order valence-electron chi connectivity index (χ4n) is 0.968. The van der Waals surface area contributed by atoms with Crippen molar-refractivity contribution in [2.24, 2.45) is 17.3 Å². The van der Waals surface area contributed by atoms with Crippen molar-refractivity contribution in [3.05, 3.63) is 0 Å². The van der Waals surface area contributed by atoms with Gasteiger partial charge in [0.2, 0.25) is 5.91 Å². The van der Waals surface area contributed by atoms with Gasteiger partial charge >= 0.3 is 5.97 Å². The topological polar surface area (TPSA) is 66.4 Å². The number of carboxylic acid groups (broad SMARTS) is 1. The average Bonchev–Trinajstić information content (AvgIpc) is 2.14. The van der Waals surface area contributed by atoms with E-state index in [1.54, 1.807) is 0 Å². The summed E-state index contributed by atoms with van der Waals surface area (Å²) in [7, 11) is 0. The maximum atomic E-state index is 11.5. The van der Waals surface area contributed by atoms with Crippen LogP contribution < -0.4 is 5.32 Å². The monoisotopic (exact) mass is 229 g/mol. The minimum atomic E-state index is -0.932. The third-order valence-corrected chi connectivity index (χ3v) is 3.22. The zero-order chi connectivity index (χ0) is 12.9. The van der Waals surface area contributed by atoms with E-state index < -0.39 is 11.9 Å². The molecule has 16 heavy (non-hydrogen) atoms. The van der Waals surface area contributed by atoms with Crippen LogP contribution in [-0.2, 0) is 9.59 Å². The predicted molar refractivity (Wildman–Crippen MR) is 63.0 cm³/mol. The molecule has 4 nitrogen and oxygen atoms in total. The van der Waals surface area contributed by atoms with Gasteiger partial charge in [-0.2, -0.15) is 0 Å². The van der Waals surface area contributed by atoms with Crippen molar-refractivity contribution >= 4 is 11.9 Å². The van der Waals surface area contributed by atoms with Crippen LogP contribution in [0.1, 0.15) is 41.0 Å². The maximum absolute atomic E-state index is 11.5. The summed E-state index contributed by atoms with van der Waals surface area (Å²) >= 11 is 0. The number of nitrogens with one attached hydrogen (secondary N) is 1. The Morgan fingerprint density at radius 2 is 1.75 bits per heavy atom. The molecule has 0 saturated carbocycles. The Hall–Kier alpha value is -1.06. The van der Waals surface area contributed by atoms with E-state index in [-0.39, 0.29) is 17.7 Å². The summed E-state index contributed by atoms with van der Waals surface area (Å²) in [6, 6.07) is 0. The van der Waals surface area contributed by atoms with Crippen molar-refractivity contribution in [2.75, 3.05) is 6.54 Å². The highest BCUT2D eigenvalue weighted by atomic mass is 16.4. The molecule has 0 aromatic rings. The van der Waals surface area contributed by atoms with Crippen LogP contribution in [0.4, 0.5) is 0 Å². The predicted octanol–water partition coefficient (Wildman–Crippen LogP) is 1.90. The van der Waals surface area contributed by atoms with Crippen LogP contribution in [0.3, 0.4) is 0 Å². The van der Waals surface area contributed by atoms with E-state index in [4.69, 9.17) is 5.11 Å². The third kappa shape index (κ3) is 5.14. The van der Waals surface area contributed by atoms with E-state index in [0.29, 0.717) is 12.5 Å². The van der Waals surface area contributed by atoms with Crippen LogP contribution in [-0.4, -0.2) is 23.5 Å². The highest BCUT2D eigenvalue weighted by Crippen LogP contribution is 2.24. The summed E-state index contributed by atoms with van der Waals surface area (Å²) in [6.45, 7) is 10.5. The van der Waals surface area contributed by atoms with Gasteiger partial charge in [-0.15, -0.1) is 0 Å². The van der Waals surface area contributed by atoms with Crippen molar-refractivity contribution in [1.82, 2.24) is 5.32 Å². The van der Waals surface area contributed by atoms with Gasteiger partial charge in [-0.3, -0.25) is 9.59 Å². The largest absolute Gasteiger partial charge is 0.481 e. The minimum Gasteiger partial charge on any atom is -0.481 e. The molecule has 0 radical (unpaired) electrons. The van der Waals surface area contributed by atoms with Gasteiger partial charge in [0.15, 0.2) is 0 Å². The van der Waals surface area contributed by atoms with Gasteiger partial charge in [0.25, 0.3) is 0 Å². The molecule has 4 heteroatoms. The van der Waals surface area contributed by atoms with Gasteiger partial charge in [0.1, 0.15) is 0 Å². The Bertz CT molecular complexity index is 259. The first-order valence-corrected chi connectivity index (χ1v) is 5.66. The normalized spacial score (nSPS) is 13.6. The van der Waals surface area contributed by atoms with Gasteiger partial charge in [-0.25, -0.2) is 0 Å². The molecular weight excluding hydrogens is 206 g/mol. The van der Waals surface area contributed by atoms with Gasteiger partial charge in [0.05, 0.1) is 5.92 Å². The third-order valence-electron chi connectivity index (χ3n) is 3.22. The SMILES string of the molecule is CC(CC(=O)NCC(C)(C)C(C)C)C(=O)O. The second-order valence-corrected chi connectivity index (χ2v) is 5.36. The van der Waals surface area contributed by atoms with Crippen molar-refractivity contribution in [2.45, 2.75) is 41.0 Å². The number of amides is 1. The fraction of sp³-hybridized carbons (Fsp3) is 0.833. The van der Waals surface area contributed by atoms with Gasteiger partial charge in [0, 0.05) is 13.0 Å². The number of hydrogen-bond acceptors (Lipinski definition) is 2. The van der Waals surface area contributed by atoms with E-state index >= 15 is 0 Å². The van der Waals surface area contributed by atoms with E-state index in [1.165, 1.54) is 6.92 Å². The van der Waals surface area contributed by atoms with Crippen LogP contribution in [0.5, 0.6) is 0 Å². The molecule has 0 aliphatic rings. The fourth-order valence-corrected chi connectivity index (χ4v) is 0.968. The molecule has 0 heterocycles. The number of aliphatic carboxylic acids is 1. The van der Waals surface area contributed by atoms with Crippen LogP contribution in [0, 0.1) is 17.3 Å². The maximum Gasteiger partial charge on any atom is 0.306 e. The molecule has 1 unspecified atom stereocenters. The standard InChI is InChI=1S/C12H23NO3/c1-8(2)12(4,5)7-13-10(14)6-9(3)11(15)16/h8-9H,6-7H2,1-5H3,(H,13,14)(H,15,16). The Morgan fingerprint density at radius 1 is 1.25 bits per heavy atom. The Balaban J connectivity index is 4.04. The summed E-state index contributed by atoms with van der Waals surface area (Å²) in [6.07, 6.45) is 0.0451. The molecule has 94 valence electrons. The van der Waals surface area contributed by atoms with E-state index in [2.05, 4.69) is 33.0 Å². The summed E-state index contributed by atoms with van der Waals surface area (Å²) in [5, 5.41) is 11.5. The van der Waals surface area contributed by atoms with E-state index in [1.807, 2.05) is 0 Å². The van der Waals surface area contributed by atoms with Crippen molar-refractivity contribution in [3.63, 3.8) is 0 Å². The van der Waals surface area contributed by atoms with Gasteiger partial charge < -0.3 is 10.4 Å². The lowest BCUT2D eigenvalue weighted by Crippen LogP contribution is -2.37. The smallest absolute Gasteiger partial charge is 0.306 e. The molecule has 2 N–H and O–H groups in total. The summed E-state index contributed by atoms with van der Waals surface area (Å²) in [5.41, 5.74) is 0.0299. The molecule has 0 aromatic carbocycles.